The smallest absolute Gasteiger partial charge is 0.369 e. The van der Waals surface area contributed by atoms with Gasteiger partial charge in [-0.15, -0.1) is 0 Å². The molecular weight excluding hydrogens is 415 g/mol. The van der Waals surface area contributed by atoms with Crippen LogP contribution in [0, 0.1) is 0 Å². The normalized spacial score (nSPS) is 15.6. The number of nitrogens with one attached hydrogen (secondary N) is 2. The Bertz CT molecular complexity index is 846. The fourth-order valence-corrected chi connectivity index (χ4v) is 3.74. The van der Waals surface area contributed by atoms with Gasteiger partial charge in [0.25, 0.3) is 0 Å². The van der Waals surface area contributed by atoms with Crippen molar-refractivity contribution >= 4 is 11.6 Å². The highest BCUT2D eigenvalue weighted by molar-refractivity contribution is 5.79. The molecular formula is C24H32F3N5. The quantitative estimate of drug-likeness (QED) is 0.474. The standard InChI is InChI=1S/C24H32F3N5/c1-2-28-23(29-13-12-24(25,26)27)30-18-20-8-6-7-9-21(20)19-31-14-16-32(17-15-31)22-10-4-3-5-11-22/h3-11H,2,12-19H2,1H3,(H2,28,29,30). The van der Waals surface area contributed by atoms with Crippen LogP contribution in [0.2, 0.25) is 0 Å². The first-order chi connectivity index (χ1) is 15.4. The summed E-state index contributed by atoms with van der Waals surface area (Å²) in [5.41, 5.74) is 3.55. The number of para-hydroxylation sites is 1. The Kier molecular flexibility index (Phi) is 8.79. The van der Waals surface area contributed by atoms with Crippen LogP contribution in [0.3, 0.4) is 0 Å². The van der Waals surface area contributed by atoms with Crippen molar-refractivity contribution in [3.63, 3.8) is 0 Å². The van der Waals surface area contributed by atoms with E-state index in [0.29, 0.717) is 19.0 Å². The molecule has 0 bridgehead atoms. The second kappa shape index (κ2) is 11.8. The highest BCUT2D eigenvalue weighted by Crippen LogP contribution is 2.19. The molecule has 0 aliphatic carbocycles. The van der Waals surface area contributed by atoms with Crippen LogP contribution in [0.4, 0.5) is 18.9 Å². The number of alkyl halides is 3. The van der Waals surface area contributed by atoms with E-state index in [2.05, 4.69) is 55.8 Å². The van der Waals surface area contributed by atoms with Gasteiger partial charge in [-0.2, -0.15) is 13.2 Å². The monoisotopic (exact) mass is 447 g/mol. The van der Waals surface area contributed by atoms with Crippen LogP contribution in [-0.2, 0) is 13.1 Å². The van der Waals surface area contributed by atoms with E-state index in [4.69, 9.17) is 0 Å². The van der Waals surface area contributed by atoms with Gasteiger partial charge in [0.15, 0.2) is 5.96 Å². The van der Waals surface area contributed by atoms with Gasteiger partial charge in [0.1, 0.15) is 0 Å². The number of anilines is 1. The van der Waals surface area contributed by atoms with Gasteiger partial charge in [-0.05, 0) is 30.2 Å². The van der Waals surface area contributed by atoms with Crippen LogP contribution in [0.5, 0.6) is 0 Å². The molecule has 174 valence electrons. The SMILES string of the molecule is CCNC(=NCc1ccccc1CN1CCN(c2ccccc2)CC1)NCCC(F)(F)F. The van der Waals surface area contributed by atoms with E-state index in [1.54, 1.807) is 0 Å². The Morgan fingerprint density at radius 1 is 0.906 bits per heavy atom. The largest absolute Gasteiger partial charge is 0.390 e. The van der Waals surface area contributed by atoms with Gasteiger partial charge in [-0.25, -0.2) is 4.99 Å². The van der Waals surface area contributed by atoms with E-state index in [-0.39, 0.29) is 6.54 Å². The van der Waals surface area contributed by atoms with Gasteiger partial charge in [0.2, 0.25) is 0 Å². The molecule has 0 amide bonds. The van der Waals surface area contributed by atoms with E-state index < -0.39 is 12.6 Å². The van der Waals surface area contributed by atoms with Crippen LogP contribution in [0.15, 0.2) is 59.6 Å². The fraction of sp³-hybridized carbons (Fsp3) is 0.458. The van der Waals surface area contributed by atoms with Gasteiger partial charge < -0.3 is 15.5 Å². The summed E-state index contributed by atoms with van der Waals surface area (Å²) in [4.78, 5) is 9.35. The second-order valence-electron chi connectivity index (χ2n) is 7.85. The maximum Gasteiger partial charge on any atom is 0.390 e. The van der Waals surface area contributed by atoms with Crippen molar-refractivity contribution < 1.29 is 13.2 Å². The van der Waals surface area contributed by atoms with Gasteiger partial charge >= 0.3 is 6.18 Å². The summed E-state index contributed by atoms with van der Waals surface area (Å²) in [5, 5.41) is 5.79. The van der Waals surface area contributed by atoms with Crippen molar-refractivity contribution in [3.8, 4) is 0 Å². The topological polar surface area (TPSA) is 42.9 Å². The van der Waals surface area contributed by atoms with Crippen LogP contribution < -0.4 is 15.5 Å². The third-order valence-corrected chi connectivity index (χ3v) is 5.46. The van der Waals surface area contributed by atoms with Crippen molar-refractivity contribution in [3.05, 3.63) is 65.7 Å². The molecule has 0 aromatic heterocycles. The first kappa shape index (κ1) is 23.9. The summed E-state index contributed by atoms with van der Waals surface area (Å²) in [6, 6.07) is 18.6. The number of aliphatic imine (C=N–C) groups is 1. The minimum Gasteiger partial charge on any atom is -0.369 e. The van der Waals surface area contributed by atoms with E-state index in [1.165, 1.54) is 11.3 Å². The number of benzene rings is 2. The van der Waals surface area contributed by atoms with Crippen LogP contribution in [0.1, 0.15) is 24.5 Å². The van der Waals surface area contributed by atoms with Crippen LogP contribution >= 0.6 is 0 Å². The summed E-state index contributed by atoms with van der Waals surface area (Å²) in [7, 11) is 0. The molecule has 0 atom stereocenters. The minimum atomic E-state index is -4.18. The first-order valence-electron chi connectivity index (χ1n) is 11.1. The van der Waals surface area contributed by atoms with Gasteiger partial charge in [-0.1, -0.05) is 42.5 Å². The molecule has 0 spiro atoms. The van der Waals surface area contributed by atoms with Crippen molar-refractivity contribution in [1.29, 1.82) is 0 Å². The molecule has 1 fully saturated rings. The Morgan fingerprint density at radius 3 is 2.22 bits per heavy atom. The molecule has 0 unspecified atom stereocenters. The number of nitrogens with zero attached hydrogens (tertiary/aromatic N) is 3. The maximum absolute atomic E-state index is 12.4. The number of guanidine groups is 1. The van der Waals surface area contributed by atoms with Gasteiger partial charge in [0.05, 0.1) is 13.0 Å². The van der Waals surface area contributed by atoms with E-state index >= 15 is 0 Å². The zero-order valence-electron chi connectivity index (χ0n) is 18.5. The highest BCUT2D eigenvalue weighted by atomic mass is 19.4. The third kappa shape index (κ3) is 7.75. The molecule has 1 aliphatic rings. The first-order valence-corrected chi connectivity index (χ1v) is 11.1. The summed E-state index contributed by atoms with van der Waals surface area (Å²) in [5.74, 6) is 0.406. The van der Waals surface area contributed by atoms with E-state index in [1.807, 2.05) is 31.2 Å². The summed E-state index contributed by atoms with van der Waals surface area (Å²) in [6.07, 6.45) is -5.07. The van der Waals surface area contributed by atoms with E-state index in [0.717, 1.165) is 38.3 Å². The number of rotatable bonds is 8. The van der Waals surface area contributed by atoms with Crippen molar-refractivity contribution in [2.75, 3.05) is 44.2 Å². The third-order valence-electron chi connectivity index (χ3n) is 5.46. The Labute approximate surface area is 188 Å². The molecule has 2 aromatic rings. The lowest BCUT2D eigenvalue weighted by atomic mass is 10.1. The highest BCUT2D eigenvalue weighted by Gasteiger charge is 2.26. The molecule has 8 heteroatoms. The Hall–Kier alpha value is -2.74. The van der Waals surface area contributed by atoms with Crippen molar-refractivity contribution in [2.24, 2.45) is 4.99 Å². The van der Waals surface area contributed by atoms with Crippen molar-refractivity contribution in [1.82, 2.24) is 15.5 Å². The minimum absolute atomic E-state index is 0.192. The van der Waals surface area contributed by atoms with Gasteiger partial charge in [-0.3, -0.25) is 4.90 Å². The molecule has 5 nitrogen and oxygen atoms in total. The molecule has 32 heavy (non-hydrogen) atoms. The molecule has 1 saturated heterocycles. The Morgan fingerprint density at radius 2 is 1.56 bits per heavy atom. The van der Waals surface area contributed by atoms with E-state index in [9.17, 15) is 13.2 Å². The zero-order chi connectivity index (χ0) is 22.8. The predicted molar refractivity (Wildman–Crippen MR) is 124 cm³/mol. The molecule has 2 aromatic carbocycles. The van der Waals surface area contributed by atoms with Crippen molar-refractivity contribution in [2.45, 2.75) is 32.6 Å². The number of halogens is 3. The Balaban J connectivity index is 1.56. The lowest BCUT2D eigenvalue weighted by Gasteiger charge is -2.36. The summed E-state index contributed by atoms with van der Waals surface area (Å²) >= 11 is 0. The number of hydrogen-bond donors (Lipinski definition) is 2. The zero-order valence-corrected chi connectivity index (χ0v) is 18.5. The van der Waals surface area contributed by atoms with Gasteiger partial charge in [0, 0.05) is 51.5 Å². The summed E-state index contributed by atoms with van der Waals surface area (Å²) in [6.45, 7) is 7.48. The average Bonchev–Trinajstić information content (AvgIpc) is 2.78. The lowest BCUT2D eigenvalue weighted by Crippen LogP contribution is -2.46. The molecule has 0 saturated carbocycles. The second-order valence-corrected chi connectivity index (χ2v) is 7.85. The summed E-state index contributed by atoms with van der Waals surface area (Å²) < 4.78 is 37.3. The molecule has 1 aliphatic heterocycles. The fourth-order valence-electron chi connectivity index (χ4n) is 3.74. The predicted octanol–water partition coefficient (Wildman–Crippen LogP) is 4.02. The maximum atomic E-state index is 12.4. The number of piperazine rings is 1. The average molecular weight is 448 g/mol. The number of hydrogen-bond acceptors (Lipinski definition) is 3. The molecule has 1 heterocycles. The molecule has 2 N–H and O–H groups in total. The molecule has 0 radical (unpaired) electrons. The van der Waals surface area contributed by atoms with Crippen LogP contribution in [0.25, 0.3) is 0 Å². The molecule has 3 rings (SSSR count). The van der Waals surface area contributed by atoms with Crippen LogP contribution in [-0.4, -0.2) is 56.3 Å². The lowest BCUT2D eigenvalue weighted by molar-refractivity contribution is -0.132.